The molecule has 0 unspecified atom stereocenters. The van der Waals surface area contributed by atoms with E-state index in [1.54, 1.807) is 33.7 Å². The Hall–Kier alpha value is -3.10. The summed E-state index contributed by atoms with van der Waals surface area (Å²) in [6.07, 6.45) is 2.23. The zero-order valence-corrected chi connectivity index (χ0v) is 22.0. The van der Waals surface area contributed by atoms with Crippen molar-refractivity contribution in [1.82, 2.24) is 4.90 Å². The van der Waals surface area contributed by atoms with Crippen molar-refractivity contribution in [1.29, 1.82) is 0 Å². The van der Waals surface area contributed by atoms with Gasteiger partial charge in [0.1, 0.15) is 0 Å². The lowest BCUT2D eigenvalue weighted by atomic mass is 10.0. The maximum absolute atomic E-state index is 6.31. The van der Waals surface area contributed by atoms with E-state index in [-0.39, 0.29) is 0 Å². The van der Waals surface area contributed by atoms with Crippen molar-refractivity contribution in [2.75, 3.05) is 53.5 Å². The molecule has 7 nitrogen and oxygen atoms in total. The van der Waals surface area contributed by atoms with Crippen molar-refractivity contribution < 1.29 is 18.6 Å². The number of thioether (sulfide) groups is 1. The molecule has 0 aliphatic rings. The maximum atomic E-state index is 6.31. The third-order valence-corrected chi connectivity index (χ3v) is 6.36. The van der Waals surface area contributed by atoms with Crippen molar-refractivity contribution in [3.05, 3.63) is 76.5 Å². The molecule has 0 saturated heterocycles. The van der Waals surface area contributed by atoms with Crippen LogP contribution in [0.25, 0.3) is 0 Å². The van der Waals surface area contributed by atoms with E-state index in [1.807, 2.05) is 23.9 Å². The van der Waals surface area contributed by atoms with Crippen LogP contribution in [-0.2, 0) is 18.7 Å². The largest absolute Gasteiger partial charge is 0.493 e. The molecule has 1 heterocycles. The average molecular weight is 498 g/mol. The molecule has 188 valence electrons. The Balaban J connectivity index is 1.58. The van der Waals surface area contributed by atoms with Gasteiger partial charge < -0.3 is 29.3 Å². The van der Waals surface area contributed by atoms with Crippen molar-refractivity contribution in [3.8, 4) is 17.2 Å². The lowest BCUT2D eigenvalue weighted by Gasteiger charge is -2.14. The molecular weight excluding hydrogens is 462 g/mol. The van der Waals surface area contributed by atoms with Gasteiger partial charge in [-0.1, -0.05) is 24.3 Å². The van der Waals surface area contributed by atoms with Crippen LogP contribution in [0.5, 0.6) is 17.2 Å². The summed E-state index contributed by atoms with van der Waals surface area (Å²) in [5.41, 5.74) is 12.0. The SMILES string of the molecule is COc1cc(Cc2coc(=NCCSCc3cccc(CN(C)C)c3)cc2N)cc(OC)c1OC. The zero-order chi connectivity index (χ0) is 25.2. The van der Waals surface area contributed by atoms with Gasteiger partial charge in [0, 0.05) is 41.8 Å². The molecule has 0 aliphatic carbocycles. The second-order valence-corrected chi connectivity index (χ2v) is 9.51. The number of ether oxygens (including phenoxy) is 3. The fourth-order valence-electron chi connectivity index (χ4n) is 3.74. The third kappa shape index (κ3) is 7.70. The predicted molar refractivity (Wildman–Crippen MR) is 142 cm³/mol. The van der Waals surface area contributed by atoms with E-state index < -0.39 is 0 Å². The normalized spacial score (nSPS) is 11.7. The lowest BCUT2D eigenvalue weighted by molar-refractivity contribution is 0.324. The molecule has 0 saturated carbocycles. The molecule has 0 spiro atoms. The van der Waals surface area contributed by atoms with Crippen molar-refractivity contribution in [2.24, 2.45) is 4.99 Å². The number of methoxy groups -OCH3 is 3. The highest BCUT2D eigenvalue weighted by Gasteiger charge is 2.14. The molecule has 2 N–H and O–H groups in total. The van der Waals surface area contributed by atoms with Gasteiger partial charge in [-0.3, -0.25) is 4.99 Å². The van der Waals surface area contributed by atoms with Crippen LogP contribution in [0.3, 0.4) is 0 Å². The number of anilines is 1. The smallest absolute Gasteiger partial charge is 0.215 e. The molecule has 3 rings (SSSR count). The molecule has 1 aromatic heterocycles. The van der Waals surface area contributed by atoms with E-state index in [0.29, 0.717) is 41.5 Å². The van der Waals surface area contributed by atoms with Gasteiger partial charge in [-0.2, -0.15) is 11.8 Å². The number of nitrogens with zero attached hydrogens (tertiary/aromatic N) is 2. The first kappa shape index (κ1) is 26.5. The van der Waals surface area contributed by atoms with E-state index >= 15 is 0 Å². The Kier molecular flexibility index (Phi) is 9.93. The second kappa shape index (κ2) is 13.1. The number of rotatable bonds is 12. The second-order valence-electron chi connectivity index (χ2n) is 8.40. The topological polar surface area (TPSA) is 82.5 Å². The minimum atomic E-state index is 0.532. The molecule has 0 aliphatic heterocycles. The van der Waals surface area contributed by atoms with Crippen molar-refractivity contribution >= 4 is 17.4 Å². The van der Waals surface area contributed by atoms with Crippen LogP contribution in [0, 0.1) is 0 Å². The summed E-state index contributed by atoms with van der Waals surface area (Å²) in [5, 5.41) is 0. The molecule has 0 fully saturated rings. The van der Waals surface area contributed by atoms with Crippen LogP contribution >= 0.6 is 11.8 Å². The predicted octanol–water partition coefficient (Wildman–Crippen LogP) is 4.37. The minimum absolute atomic E-state index is 0.532. The van der Waals surface area contributed by atoms with Gasteiger partial charge in [0.2, 0.25) is 11.3 Å². The van der Waals surface area contributed by atoms with Gasteiger partial charge >= 0.3 is 0 Å². The molecule has 0 radical (unpaired) electrons. The highest BCUT2D eigenvalue weighted by molar-refractivity contribution is 7.98. The Bertz CT molecular complexity index is 1150. The molecule has 3 aromatic rings. The van der Waals surface area contributed by atoms with E-state index in [2.05, 4.69) is 48.3 Å². The minimum Gasteiger partial charge on any atom is -0.493 e. The molecule has 8 heteroatoms. The first-order chi connectivity index (χ1) is 16.9. The Morgan fingerprint density at radius 1 is 0.943 bits per heavy atom. The summed E-state index contributed by atoms with van der Waals surface area (Å²) in [5.74, 6) is 3.63. The lowest BCUT2D eigenvalue weighted by Crippen LogP contribution is -2.10. The van der Waals surface area contributed by atoms with Crippen LogP contribution in [-0.4, -0.2) is 52.6 Å². The Labute approximate surface area is 211 Å². The molecule has 0 atom stereocenters. The third-order valence-electron chi connectivity index (χ3n) is 5.35. The standard InChI is InChI=1S/C27H35N3O4S/c1-30(2)16-19-7-6-8-20(11-19)18-35-10-9-29-26-15-23(28)22(17-34-26)12-21-13-24(31-3)27(33-5)25(14-21)32-4/h6-8,11,13-15,17H,9-10,12,16,18,28H2,1-5H3. The summed E-state index contributed by atoms with van der Waals surface area (Å²) in [6, 6.07) is 14.3. The van der Waals surface area contributed by atoms with Crippen molar-refractivity contribution in [2.45, 2.75) is 18.7 Å². The summed E-state index contributed by atoms with van der Waals surface area (Å²) in [6.45, 7) is 1.61. The molecule has 2 aromatic carbocycles. The highest BCUT2D eigenvalue weighted by Crippen LogP contribution is 2.38. The van der Waals surface area contributed by atoms with Gasteiger partial charge in [0.25, 0.3) is 0 Å². The number of hydrogen-bond donors (Lipinski definition) is 1. The summed E-state index contributed by atoms with van der Waals surface area (Å²) < 4.78 is 22.0. The zero-order valence-electron chi connectivity index (χ0n) is 21.2. The summed E-state index contributed by atoms with van der Waals surface area (Å²) in [4.78, 5) is 6.73. The van der Waals surface area contributed by atoms with E-state index in [0.717, 1.165) is 29.2 Å². The number of nitrogen functional groups attached to an aromatic ring is 1. The van der Waals surface area contributed by atoms with E-state index in [1.165, 1.54) is 11.1 Å². The number of benzene rings is 2. The Morgan fingerprint density at radius 2 is 1.66 bits per heavy atom. The van der Waals surface area contributed by atoms with Gasteiger partial charge in [0.15, 0.2) is 11.5 Å². The van der Waals surface area contributed by atoms with Crippen LogP contribution in [0.15, 0.2) is 58.1 Å². The van der Waals surface area contributed by atoms with Crippen LogP contribution in [0.1, 0.15) is 22.3 Å². The van der Waals surface area contributed by atoms with Gasteiger partial charge in [-0.25, -0.2) is 0 Å². The van der Waals surface area contributed by atoms with Crippen LogP contribution in [0.2, 0.25) is 0 Å². The average Bonchev–Trinajstić information content (AvgIpc) is 2.84. The van der Waals surface area contributed by atoms with E-state index in [9.17, 15) is 0 Å². The monoisotopic (exact) mass is 497 g/mol. The fourth-order valence-corrected chi connectivity index (χ4v) is 4.52. The Morgan fingerprint density at radius 3 is 2.29 bits per heavy atom. The first-order valence-corrected chi connectivity index (χ1v) is 12.6. The van der Waals surface area contributed by atoms with Gasteiger partial charge in [-0.05, 0) is 42.9 Å². The fraction of sp³-hybridized carbons (Fsp3) is 0.370. The van der Waals surface area contributed by atoms with Gasteiger partial charge in [0.05, 0.1) is 34.1 Å². The number of nitrogens with two attached hydrogens (primary N) is 1. The maximum Gasteiger partial charge on any atom is 0.215 e. The highest BCUT2D eigenvalue weighted by atomic mass is 32.2. The molecule has 0 bridgehead atoms. The molecule has 35 heavy (non-hydrogen) atoms. The first-order valence-electron chi connectivity index (χ1n) is 11.4. The number of hydrogen-bond acceptors (Lipinski definition) is 8. The van der Waals surface area contributed by atoms with Crippen LogP contribution < -0.4 is 25.5 Å². The van der Waals surface area contributed by atoms with Gasteiger partial charge in [-0.15, -0.1) is 0 Å². The van der Waals surface area contributed by atoms with Crippen molar-refractivity contribution in [3.63, 3.8) is 0 Å². The summed E-state index contributed by atoms with van der Waals surface area (Å²) in [7, 11) is 8.95. The van der Waals surface area contributed by atoms with Crippen LogP contribution in [0.4, 0.5) is 5.69 Å². The molecular formula is C27H35N3O4S. The molecule has 0 amide bonds. The summed E-state index contributed by atoms with van der Waals surface area (Å²) >= 11 is 1.86. The quantitative estimate of drug-likeness (QED) is 0.372. The van der Waals surface area contributed by atoms with E-state index in [4.69, 9.17) is 24.4 Å².